The standard InChI is InChI=1S/C21H19Cl3N4O5S2/c1-28(35(3,31)32)9-11-10-34-19(17(11)24)21(30)27-18-14(6-13(23)7-15(18)33-2)20(29)26-16-5-4-12(22)8-25-16/h4-8,10H,9H2,1-3H3,(H,27,30)(H,25,26,29). The number of thiophene rings is 1. The zero-order valence-corrected chi connectivity index (χ0v) is 22.5. The second kappa shape index (κ2) is 11.1. The maximum absolute atomic E-state index is 13.1. The Morgan fingerprint density at radius 3 is 2.43 bits per heavy atom. The van der Waals surface area contributed by atoms with E-state index in [1.54, 1.807) is 11.4 Å². The molecule has 0 atom stereocenters. The number of ether oxygens (including phenoxy) is 1. The summed E-state index contributed by atoms with van der Waals surface area (Å²) < 4.78 is 29.9. The molecule has 14 heteroatoms. The molecule has 2 N–H and O–H groups in total. The molecule has 2 amide bonds. The predicted octanol–water partition coefficient (Wildman–Crippen LogP) is 5.01. The highest BCUT2D eigenvalue weighted by atomic mass is 35.5. The van der Waals surface area contributed by atoms with Crippen molar-refractivity contribution in [2.75, 3.05) is 31.0 Å². The first-order chi connectivity index (χ1) is 16.4. The van der Waals surface area contributed by atoms with Crippen molar-refractivity contribution in [2.45, 2.75) is 6.54 Å². The van der Waals surface area contributed by atoms with Crippen molar-refractivity contribution in [1.82, 2.24) is 9.29 Å². The van der Waals surface area contributed by atoms with Crippen LogP contribution in [0.4, 0.5) is 11.5 Å². The monoisotopic (exact) mass is 576 g/mol. The number of anilines is 2. The van der Waals surface area contributed by atoms with E-state index in [4.69, 9.17) is 39.5 Å². The summed E-state index contributed by atoms with van der Waals surface area (Å²) in [5.41, 5.74) is 0.543. The molecule has 3 aromatic rings. The van der Waals surface area contributed by atoms with Crippen molar-refractivity contribution < 1.29 is 22.7 Å². The zero-order valence-electron chi connectivity index (χ0n) is 18.6. The molecule has 0 saturated carbocycles. The normalized spacial score (nSPS) is 11.4. The van der Waals surface area contributed by atoms with Gasteiger partial charge in [0, 0.05) is 30.9 Å². The first-order valence-electron chi connectivity index (χ1n) is 9.69. The van der Waals surface area contributed by atoms with Gasteiger partial charge in [-0.25, -0.2) is 17.7 Å². The number of halogens is 3. The van der Waals surface area contributed by atoms with Gasteiger partial charge in [-0.05, 0) is 29.1 Å². The van der Waals surface area contributed by atoms with Gasteiger partial charge < -0.3 is 15.4 Å². The third-order valence-electron chi connectivity index (χ3n) is 4.70. The molecule has 0 saturated heterocycles. The first-order valence-corrected chi connectivity index (χ1v) is 13.6. The summed E-state index contributed by atoms with van der Waals surface area (Å²) in [4.78, 5) is 30.3. The summed E-state index contributed by atoms with van der Waals surface area (Å²) in [5.74, 6) is -0.849. The molecule has 9 nitrogen and oxygen atoms in total. The number of hydrogen-bond donors (Lipinski definition) is 2. The molecular formula is C21H19Cl3N4O5S2. The van der Waals surface area contributed by atoms with Crippen LogP contribution in [0.3, 0.4) is 0 Å². The zero-order chi connectivity index (χ0) is 25.9. The van der Waals surface area contributed by atoms with Crippen molar-refractivity contribution >= 4 is 79.5 Å². The van der Waals surface area contributed by atoms with Crippen LogP contribution in [0, 0.1) is 0 Å². The van der Waals surface area contributed by atoms with Gasteiger partial charge in [0.2, 0.25) is 10.0 Å². The Bertz CT molecular complexity index is 1380. The van der Waals surface area contributed by atoms with Gasteiger partial charge in [0.15, 0.2) is 0 Å². The van der Waals surface area contributed by atoms with Crippen LogP contribution in [-0.4, -0.2) is 49.9 Å². The quantitative estimate of drug-likeness (QED) is 0.389. The fraction of sp³-hybridized carbons (Fsp3) is 0.190. The van der Waals surface area contributed by atoms with Crippen molar-refractivity contribution in [3.05, 3.63) is 66.9 Å². The molecule has 0 radical (unpaired) electrons. The van der Waals surface area contributed by atoms with E-state index in [1.165, 1.54) is 38.6 Å². The van der Waals surface area contributed by atoms with E-state index in [2.05, 4.69) is 15.6 Å². The number of pyridine rings is 1. The summed E-state index contributed by atoms with van der Waals surface area (Å²) >= 11 is 19.4. The topological polar surface area (TPSA) is 118 Å². The molecule has 3 rings (SSSR count). The number of sulfonamides is 1. The van der Waals surface area contributed by atoms with Gasteiger partial charge in [-0.15, -0.1) is 11.3 Å². The third kappa shape index (κ3) is 6.63. The number of carbonyl (C=O) groups excluding carboxylic acids is 2. The van der Waals surface area contributed by atoms with Crippen LogP contribution >= 0.6 is 46.1 Å². The molecule has 0 fully saturated rings. The molecule has 0 unspecified atom stereocenters. The minimum atomic E-state index is -3.44. The van der Waals surface area contributed by atoms with Gasteiger partial charge in [0.1, 0.15) is 16.4 Å². The Hall–Kier alpha value is -2.41. The van der Waals surface area contributed by atoms with Crippen LogP contribution in [0.1, 0.15) is 25.6 Å². The van der Waals surface area contributed by atoms with Gasteiger partial charge in [-0.1, -0.05) is 34.8 Å². The molecule has 0 spiro atoms. The smallest absolute Gasteiger partial charge is 0.267 e. The van der Waals surface area contributed by atoms with E-state index >= 15 is 0 Å². The van der Waals surface area contributed by atoms with Crippen LogP contribution in [0.5, 0.6) is 5.75 Å². The van der Waals surface area contributed by atoms with Crippen LogP contribution in [0.15, 0.2) is 35.8 Å². The molecule has 0 bridgehead atoms. The second-order valence-electron chi connectivity index (χ2n) is 7.22. The van der Waals surface area contributed by atoms with Gasteiger partial charge in [0.05, 0.1) is 34.7 Å². The predicted molar refractivity (Wildman–Crippen MR) is 139 cm³/mol. The maximum Gasteiger partial charge on any atom is 0.267 e. The molecule has 1 aromatic carbocycles. The van der Waals surface area contributed by atoms with Gasteiger partial charge in [-0.2, -0.15) is 0 Å². The average Bonchev–Trinajstić information content (AvgIpc) is 3.15. The summed E-state index contributed by atoms with van der Waals surface area (Å²) in [5, 5.41) is 7.57. The molecule has 2 heterocycles. The highest BCUT2D eigenvalue weighted by molar-refractivity contribution is 7.88. The lowest BCUT2D eigenvalue weighted by molar-refractivity contribution is 0.102. The number of hydrogen-bond acceptors (Lipinski definition) is 7. The van der Waals surface area contributed by atoms with Crippen molar-refractivity contribution in [1.29, 1.82) is 0 Å². The minimum absolute atomic E-state index is 0.00649. The SMILES string of the molecule is COc1cc(Cl)cc(C(=O)Nc2ccc(Cl)cn2)c1NC(=O)c1scc(CN(C)S(C)(=O)=O)c1Cl. The summed E-state index contributed by atoms with van der Waals surface area (Å²) in [6.45, 7) is -0.00649. The lowest BCUT2D eigenvalue weighted by Crippen LogP contribution is -2.24. The Kier molecular flexibility index (Phi) is 8.63. The molecular weight excluding hydrogens is 559 g/mol. The third-order valence-corrected chi connectivity index (χ3v) is 7.98. The van der Waals surface area contributed by atoms with Crippen molar-refractivity contribution in [2.24, 2.45) is 0 Å². The van der Waals surface area contributed by atoms with Crippen LogP contribution in [0.25, 0.3) is 0 Å². The number of nitrogens with one attached hydrogen (secondary N) is 2. The first kappa shape index (κ1) is 27.2. The van der Waals surface area contributed by atoms with E-state index in [1.807, 2.05) is 0 Å². The van der Waals surface area contributed by atoms with E-state index in [0.29, 0.717) is 10.6 Å². The Labute approximate surface area is 221 Å². The van der Waals surface area contributed by atoms with Gasteiger partial charge in [0.25, 0.3) is 11.8 Å². The fourth-order valence-electron chi connectivity index (χ4n) is 2.85. The summed E-state index contributed by atoms with van der Waals surface area (Å²) in [6, 6.07) is 5.88. The highest BCUT2D eigenvalue weighted by Gasteiger charge is 2.24. The van der Waals surface area contributed by atoms with Gasteiger partial charge >= 0.3 is 0 Å². The van der Waals surface area contributed by atoms with Crippen molar-refractivity contribution in [3.63, 3.8) is 0 Å². The number of rotatable bonds is 8. The number of carbonyl (C=O) groups is 2. The number of nitrogens with zero attached hydrogens (tertiary/aromatic N) is 2. The average molecular weight is 578 g/mol. The van der Waals surface area contributed by atoms with E-state index in [0.717, 1.165) is 21.9 Å². The lowest BCUT2D eigenvalue weighted by atomic mass is 10.1. The minimum Gasteiger partial charge on any atom is -0.494 e. The van der Waals surface area contributed by atoms with E-state index in [-0.39, 0.29) is 44.3 Å². The summed E-state index contributed by atoms with van der Waals surface area (Å²) in [7, 11) is -0.674. The van der Waals surface area contributed by atoms with Crippen molar-refractivity contribution in [3.8, 4) is 5.75 Å². The number of benzene rings is 1. The van der Waals surface area contributed by atoms with E-state index in [9.17, 15) is 18.0 Å². The Balaban J connectivity index is 1.91. The van der Waals surface area contributed by atoms with Gasteiger partial charge in [-0.3, -0.25) is 9.59 Å². The Morgan fingerprint density at radius 2 is 1.83 bits per heavy atom. The van der Waals surface area contributed by atoms with Crippen LogP contribution < -0.4 is 15.4 Å². The number of amides is 2. The largest absolute Gasteiger partial charge is 0.494 e. The lowest BCUT2D eigenvalue weighted by Gasteiger charge is -2.16. The highest BCUT2D eigenvalue weighted by Crippen LogP contribution is 2.35. The summed E-state index contributed by atoms with van der Waals surface area (Å²) in [6.07, 6.45) is 2.44. The molecule has 186 valence electrons. The number of methoxy groups -OCH3 is 1. The number of aromatic nitrogens is 1. The van der Waals surface area contributed by atoms with Crippen LogP contribution in [-0.2, 0) is 16.6 Å². The maximum atomic E-state index is 13.1. The molecule has 0 aliphatic heterocycles. The second-order valence-corrected chi connectivity index (χ2v) is 11.4. The fourth-order valence-corrected chi connectivity index (χ4v) is 4.79. The molecule has 0 aliphatic rings. The molecule has 0 aliphatic carbocycles. The molecule has 2 aromatic heterocycles. The molecule has 35 heavy (non-hydrogen) atoms. The van der Waals surface area contributed by atoms with E-state index < -0.39 is 21.8 Å². The Morgan fingerprint density at radius 1 is 1.11 bits per heavy atom. The van der Waals surface area contributed by atoms with Crippen LogP contribution in [0.2, 0.25) is 15.1 Å².